The van der Waals surface area contributed by atoms with Crippen LogP contribution in [0.3, 0.4) is 0 Å². The molecule has 0 aliphatic rings. The van der Waals surface area contributed by atoms with E-state index in [0.29, 0.717) is 35.4 Å². The van der Waals surface area contributed by atoms with Gasteiger partial charge in [0.15, 0.2) is 6.29 Å². The highest BCUT2D eigenvalue weighted by Crippen LogP contribution is 2.29. The van der Waals surface area contributed by atoms with Crippen LogP contribution < -0.4 is 26.8 Å². The zero-order valence-corrected chi connectivity index (χ0v) is 21.4. The zero-order chi connectivity index (χ0) is 27.2. The Kier molecular flexibility index (Phi) is 11.7. The van der Waals surface area contributed by atoms with Crippen LogP contribution in [0.1, 0.15) is 35.8 Å². The van der Waals surface area contributed by atoms with E-state index in [2.05, 4.69) is 10.6 Å². The molecule has 0 radical (unpaired) electrons. The van der Waals surface area contributed by atoms with E-state index >= 15 is 0 Å². The Morgan fingerprint density at radius 3 is 2.16 bits per heavy atom. The summed E-state index contributed by atoms with van der Waals surface area (Å²) in [5, 5.41) is 15.1. The van der Waals surface area contributed by atoms with Gasteiger partial charge in [0.05, 0.1) is 17.5 Å². The van der Waals surface area contributed by atoms with Gasteiger partial charge in [-0.25, -0.2) is 0 Å². The van der Waals surface area contributed by atoms with Gasteiger partial charge in [-0.15, -0.1) is 0 Å². The third kappa shape index (κ3) is 8.13. The van der Waals surface area contributed by atoms with Crippen molar-refractivity contribution < 1.29 is 14.3 Å². The van der Waals surface area contributed by atoms with Crippen molar-refractivity contribution in [3.63, 3.8) is 0 Å². The molecule has 7 N–H and O–H groups in total. The lowest BCUT2D eigenvalue weighted by Gasteiger charge is -2.23. The molecule has 0 saturated carbocycles. The molecule has 194 valence electrons. The summed E-state index contributed by atoms with van der Waals surface area (Å²) < 4.78 is 6.24. The predicted octanol–water partition coefficient (Wildman–Crippen LogP) is 3.55. The first-order valence-electron chi connectivity index (χ1n) is 11.8. The first-order valence-corrected chi connectivity index (χ1v) is 11.8. The Balaban J connectivity index is 0.00000153. The van der Waals surface area contributed by atoms with Crippen LogP contribution in [0, 0.1) is 5.41 Å². The number of hydrogen-bond acceptors (Lipinski definition) is 8. The van der Waals surface area contributed by atoms with Gasteiger partial charge in [0.1, 0.15) is 18.1 Å². The van der Waals surface area contributed by atoms with Crippen LogP contribution in [0.2, 0.25) is 0 Å². The molecule has 2 atom stereocenters. The molecule has 37 heavy (non-hydrogen) atoms. The van der Waals surface area contributed by atoms with Crippen LogP contribution >= 0.6 is 0 Å². The molecule has 0 aromatic heterocycles. The lowest BCUT2D eigenvalue weighted by molar-refractivity contribution is -0.106. The quantitative estimate of drug-likeness (QED) is 0.117. The first kappa shape index (κ1) is 29.0. The minimum absolute atomic E-state index is 0.0179. The zero-order valence-electron chi connectivity index (χ0n) is 21.4. The maximum absolute atomic E-state index is 11.6. The van der Waals surface area contributed by atoms with E-state index in [4.69, 9.17) is 26.4 Å². The summed E-state index contributed by atoms with van der Waals surface area (Å²) in [6.07, 6.45) is 1.12. The van der Waals surface area contributed by atoms with E-state index in [1.165, 1.54) is 6.92 Å². The van der Waals surface area contributed by atoms with E-state index in [0.717, 1.165) is 17.4 Å². The fourth-order valence-electron chi connectivity index (χ4n) is 3.83. The largest absolute Gasteiger partial charge is 0.484 e. The number of nitrogens with one attached hydrogen (secondary N) is 3. The van der Waals surface area contributed by atoms with Gasteiger partial charge >= 0.3 is 0 Å². The van der Waals surface area contributed by atoms with E-state index in [1.54, 1.807) is 7.05 Å². The first-order chi connectivity index (χ1) is 17.9. The number of nitrogens with two attached hydrogens (primary N) is 2. The second-order valence-corrected chi connectivity index (χ2v) is 8.09. The van der Waals surface area contributed by atoms with Crippen LogP contribution in [-0.4, -0.2) is 38.9 Å². The predicted molar refractivity (Wildman–Crippen MR) is 149 cm³/mol. The van der Waals surface area contributed by atoms with Gasteiger partial charge in [-0.05, 0) is 62.0 Å². The van der Waals surface area contributed by atoms with Crippen LogP contribution in [0.4, 0.5) is 5.69 Å². The second-order valence-electron chi connectivity index (χ2n) is 8.09. The number of rotatable bonds is 11. The number of allylic oxidation sites excluding steroid dienone is 1. The van der Waals surface area contributed by atoms with Crippen LogP contribution in [-0.2, 0) is 9.59 Å². The van der Waals surface area contributed by atoms with E-state index in [-0.39, 0.29) is 17.5 Å². The van der Waals surface area contributed by atoms with Crippen molar-refractivity contribution in [2.24, 2.45) is 5.73 Å². The van der Waals surface area contributed by atoms with Crippen LogP contribution in [0.25, 0.3) is 0 Å². The Bertz CT molecular complexity index is 1190. The number of aldehydes is 2. The van der Waals surface area contributed by atoms with Crippen molar-refractivity contribution in [3.8, 4) is 5.75 Å². The van der Waals surface area contributed by atoms with Crippen molar-refractivity contribution in [3.05, 3.63) is 107 Å². The lowest BCUT2D eigenvalue weighted by atomic mass is 9.90. The van der Waals surface area contributed by atoms with Crippen molar-refractivity contribution in [1.82, 2.24) is 10.6 Å². The minimum atomic E-state index is -0.450. The van der Waals surface area contributed by atoms with Crippen LogP contribution in [0.15, 0.2) is 90.1 Å². The standard InChI is InChI=1S/C27H31N5O2.C2H4O/c1-31-16-24(20-9-6-10-21(28)15-20)34-22-13-11-19(12-14-22)27(32-2)25(23(29)17-33)26(30)18-7-4-3-5-8-18;1-2-3/h3-15,17,24,27,30-32H,16,28-29H2,1-2H3;2H,1H3/b25-23+,30-26?;. The maximum atomic E-state index is 11.6. The number of likely N-dealkylation sites (N-methyl/N-ethyl adjacent to an activating group) is 2. The van der Waals surface area contributed by atoms with Crippen LogP contribution in [0.5, 0.6) is 5.75 Å². The molecule has 0 spiro atoms. The molecule has 0 saturated heterocycles. The minimum Gasteiger partial charge on any atom is -0.484 e. The van der Waals surface area contributed by atoms with Gasteiger partial charge in [0, 0.05) is 17.8 Å². The average Bonchev–Trinajstić information content (AvgIpc) is 2.92. The topological polar surface area (TPSA) is 143 Å². The van der Waals surface area contributed by atoms with Gasteiger partial charge < -0.3 is 31.6 Å². The molecule has 3 rings (SSSR count). The number of carbonyl (C=O) groups excluding carboxylic acids is 2. The molecule has 0 fully saturated rings. The molecule has 0 aliphatic carbocycles. The number of hydrogen-bond donors (Lipinski definition) is 5. The monoisotopic (exact) mass is 501 g/mol. The number of ether oxygens (including phenoxy) is 1. The van der Waals surface area contributed by atoms with E-state index in [9.17, 15) is 4.79 Å². The highest BCUT2D eigenvalue weighted by atomic mass is 16.5. The molecule has 3 aromatic carbocycles. The highest BCUT2D eigenvalue weighted by Gasteiger charge is 2.23. The fraction of sp³-hybridized carbons (Fsp3) is 0.207. The van der Waals surface area contributed by atoms with E-state index < -0.39 is 6.04 Å². The molecule has 0 bridgehead atoms. The van der Waals surface area contributed by atoms with E-state index in [1.807, 2.05) is 85.9 Å². The van der Waals surface area contributed by atoms with Crippen molar-refractivity contribution >= 4 is 24.0 Å². The number of nitrogen functional groups attached to an aromatic ring is 1. The summed E-state index contributed by atoms with van der Waals surface area (Å²) in [5.74, 6) is 0.688. The molecule has 8 nitrogen and oxygen atoms in total. The number of carbonyl (C=O) groups is 2. The lowest BCUT2D eigenvalue weighted by Crippen LogP contribution is -2.27. The summed E-state index contributed by atoms with van der Waals surface area (Å²) >= 11 is 0. The Morgan fingerprint density at radius 1 is 0.973 bits per heavy atom. The van der Waals surface area contributed by atoms with Gasteiger partial charge in [0.25, 0.3) is 0 Å². The summed E-state index contributed by atoms with van der Waals surface area (Å²) in [5.41, 5.74) is 15.8. The SMILES string of the molecule is CC=O.CNCC(Oc1ccc(C(NC)/C(C(=N)c2ccccc2)=C(/N)C=O)cc1)c1cccc(N)c1. The average molecular weight is 502 g/mol. The summed E-state index contributed by atoms with van der Waals surface area (Å²) in [6.45, 7) is 2.06. The highest BCUT2D eigenvalue weighted by molar-refractivity contribution is 6.13. The third-order valence-electron chi connectivity index (χ3n) is 5.51. The number of benzene rings is 3. The van der Waals surface area contributed by atoms with Gasteiger partial charge in [0.2, 0.25) is 0 Å². The molecular weight excluding hydrogens is 466 g/mol. The molecule has 0 heterocycles. The Hall–Kier alpha value is -4.27. The van der Waals surface area contributed by atoms with Crippen molar-refractivity contribution in [1.29, 1.82) is 5.41 Å². The second kappa shape index (κ2) is 15.0. The molecule has 0 aliphatic heterocycles. The summed E-state index contributed by atoms with van der Waals surface area (Å²) in [7, 11) is 3.64. The number of anilines is 1. The normalized spacial score (nSPS) is 12.7. The van der Waals surface area contributed by atoms with Gasteiger partial charge in [-0.2, -0.15) is 0 Å². The molecular formula is C29H35N5O3. The molecule has 3 aromatic rings. The summed E-state index contributed by atoms with van der Waals surface area (Å²) in [6, 6.07) is 24.0. The van der Waals surface area contributed by atoms with Gasteiger partial charge in [-0.1, -0.05) is 54.6 Å². The molecule has 0 amide bonds. The fourth-order valence-corrected chi connectivity index (χ4v) is 3.83. The third-order valence-corrected chi connectivity index (χ3v) is 5.51. The summed E-state index contributed by atoms with van der Waals surface area (Å²) in [4.78, 5) is 20.4. The van der Waals surface area contributed by atoms with Crippen molar-refractivity contribution in [2.45, 2.75) is 19.1 Å². The molecule has 2 unspecified atom stereocenters. The maximum Gasteiger partial charge on any atom is 0.166 e. The Labute approximate surface area is 218 Å². The van der Waals surface area contributed by atoms with Gasteiger partial charge in [-0.3, -0.25) is 10.2 Å². The molecule has 8 heteroatoms. The smallest absolute Gasteiger partial charge is 0.166 e. The van der Waals surface area contributed by atoms with Crippen molar-refractivity contribution in [2.75, 3.05) is 26.4 Å². The Morgan fingerprint density at radius 2 is 1.62 bits per heavy atom.